The van der Waals surface area contributed by atoms with Gasteiger partial charge in [0, 0.05) is 32.8 Å². The van der Waals surface area contributed by atoms with E-state index < -0.39 is 0 Å². The van der Waals surface area contributed by atoms with Gasteiger partial charge in [-0.1, -0.05) is 19.3 Å². The third-order valence-corrected chi connectivity index (χ3v) is 4.14. The van der Waals surface area contributed by atoms with E-state index in [-0.39, 0.29) is 6.03 Å². The molecule has 0 aromatic carbocycles. The van der Waals surface area contributed by atoms with Crippen LogP contribution in [0.4, 0.5) is 4.79 Å². The van der Waals surface area contributed by atoms with Crippen molar-refractivity contribution < 1.29 is 14.3 Å². The zero-order valence-electron chi connectivity index (χ0n) is 14.4. The van der Waals surface area contributed by atoms with E-state index in [1.807, 2.05) is 18.9 Å². The van der Waals surface area contributed by atoms with Crippen LogP contribution in [0.25, 0.3) is 0 Å². The predicted octanol–water partition coefficient (Wildman–Crippen LogP) is 3.18. The minimum absolute atomic E-state index is 0.0832. The maximum atomic E-state index is 12.1. The van der Waals surface area contributed by atoms with Gasteiger partial charge in [-0.2, -0.15) is 0 Å². The minimum atomic E-state index is 0.0832. The molecule has 5 nitrogen and oxygen atoms in total. The van der Waals surface area contributed by atoms with Crippen LogP contribution in [0.2, 0.25) is 0 Å². The number of nitrogens with zero attached hydrogens (tertiary/aromatic N) is 1. The Labute approximate surface area is 135 Å². The number of urea groups is 1. The van der Waals surface area contributed by atoms with Crippen molar-refractivity contribution in [1.29, 1.82) is 0 Å². The summed E-state index contributed by atoms with van der Waals surface area (Å²) in [4.78, 5) is 13.9. The summed E-state index contributed by atoms with van der Waals surface area (Å²) in [5.74, 6) is 0. The van der Waals surface area contributed by atoms with Crippen LogP contribution in [-0.4, -0.2) is 57.0 Å². The number of amides is 2. The summed E-state index contributed by atoms with van der Waals surface area (Å²) in [7, 11) is 1.89. The highest BCUT2D eigenvalue weighted by atomic mass is 16.5. The first-order valence-corrected chi connectivity index (χ1v) is 8.91. The molecule has 0 aliphatic heterocycles. The minimum Gasteiger partial charge on any atom is -0.379 e. The number of hydrogen-bond acceptors (Lipinski definition) is 3. The fourth-order valence-corrected chi connectivity index (χ4v) is 2.73. The number of carbonyl (C=O) groups excluding carboxylic acids is 1. The first-order chi connectivity index (χ1) is 10.7. The Balaban J connectivity index is 1.93. The second kappa shape index (κ2) is 12.7. The molecule has 1 rings (SSSR count). The molecule has 0 spiro atoms. The van der Waals surface area contributed by atoms with Crippen molar-refractivity contribution in [3.8, 4) is 0 Å². The maximum absolute atomic E-state index is 12.1. The molecule has 0 heterocycles. The van der Waals surface area contributed by atoms with Gasteiger partial charge < -0.3 is 19.7 Å². The monoisotopic (exact) mass is 314 g/mol. The number of carbonyl (C=O) groups is 1. The Hall–Kier alpha value is -0.810. The average molecular weight is 314 g/mol. The van der Waals surface area contributed by atoms with E-state index in [4.69, 9.17) is 9.47 Å². The van der Waals surface area contributed by atoms with Gasteiger partial charge in [0.25, 0.3) is 0 Å². The fraction of sp³-hybridized carbons (Fsp3) is 0.941. The first kappa shape index (κ1) is 19.2. The standard InChI is InChI=1S/C17H34N2O3/c1-3-21-14-15-22-13-9-5-8-12-19(2)17(20)18-16-10-6-4-7-11-16/h16H,3-15H2,1-2H3,(H,18,20). The molecule has 1 saturated carbocycles. The molecular weight excluding hydrogens is 280 g/mol. The molecule has 1 aliphatic rings. The Bertz CT molecular complexity index is 281. The fourth-order valence-electron chi connectivity index (χ4n) is 2.73. The lowest BCUT2D eigenvalue weighted by molar-refractivity contribution is 0.0512. The lowest BCUT2D eigenvalue weighted by Gasteiger charge is -2.26. The van der Waals surface area contributed by atoms with Gasteiger partial charge in [-0.05, 0) is 39.0 Å². The van der Waals surface area contributed by atoms with Crippen molar-refractivity contribution in [1.82, 2.24) is 10.2 Å². The zero-order valence-corrected chi connectivity index (χ0v) is 14.4. The Morgan fingerprint density at radius 2 is 1.77 bits per heavy atom. The lowest BCUT2D eigenvalue weighted by Crippen LogP contribution is -2.44. The smallest absolute Gasteiger partial charge is 0.317 e. The second-order valence-corrected chi connectivity index (χ2v) is 6.08. The molecular formula is C17H34N2O3. The molecule has 0 unspecified atom stereocenters. The summed E-state index contributed by atoms with van der Waals surface area (Å²) < 4.78 is 10.7. The van der Waals surface area contributed by atoms with E-state index in [1.54, 1.807) is 0 Å². The highest BCUT2D eigenvalue weighted by Gasteiger charge is 2.17. The van der Waals surface area contributed by atoms with E-state index in [2.05, 4.69) is 5.32 Å². The molecule has 0 aromatic heterocycles. The van der Waals surface area contributed by atoms with E-state index in [0.717, 1.165) is 51.9 Å². The third kappa shape index (κ3) is 9.26. The van der Waals surface area contributed by atoms with Crippen LogP contribution < -0.4 is 5.32 Å². The highest BCUT2D eigenvalue weighted by Crippen LogP contribution is 2.17. The van der Waals surface area contributed by atoms with Gasteiger partial charge in [-0.15, -0.1) is 0 Å². The summed E-state index contributed by atoms with van der Waals surface area (Å²) in [5.41, 5.74) is 0. The summed E-state index contributed by atoms with van der Waals surface area (Å²) in [6.07, 6.45) is 9.26. The Morgan fingerprint density at radius 1 is 1.05 bits per heavy atom. The number of hydrogen-bond donors (Lipinski definition) is 1. The van der Waals surface area contributed by atoms with E-state index in [1.165, 1.54) is 19.3 Å². The summed E-state index contributed by atoms with van der Waals surface area (Å²) in [5, 5.41) is 3.15. The molecule has 22 heavy (non-hydrogen) atoms. The van der Waals surface area contributed by atoms with Gasteiger partial charge in [0.05, 0.1) is 13.2 Å². The predicted molar refractivity (Wildman–Crippen MR) is 89.2 cm³/mol. The normalized spacial score (nSPS) is 15.7. The SMILES string of the molecule is CCOCCOCCCCCN(C)C(=O)NC1CCCCC1. The maximum Gasteiger partial charge on any atom is 0.317 e. The molecule has 0 radical (unpaired) electrons. The van der Waals surface area contributed by atoms with E-state index in [0.29, 0.717) is 19.3 Å². The van der Waals surface area contributed by atoms with Crippen LogP contribution in [0.1, 0.15) is 58.3 Å². The number of unbranched alkanes of at least 4 members (excludes halogenated alkanes) is 2. The van der Waals surface area contributed by atoms with Crippen LogP contribution >= 0.6 is 0 Å². The van der Waals surface area contributed by atoms with Gasteiger partial charge >= 0.3 is 6.03 Å². The lowest BCUT2D eigenvalue weighted by atomic mass is 9.96. The average Bonchev–Trinajstić information content (AvgIpc) is 2.54. The van der Waals surface area contributed by atoms with E-state index >= 15 is 0 Å². The van der Waals surface area contributed by atoms with Crippen molar-refractivity contribution in [2.75, 3.05) is 40.0 Å². The first-order valence-electron chi connectivity index (χ1n) is 8.91. The molecule has 2 amide bonds. The van der Waals surface area contributed by atoms with Crippen molar-refractivity contribution in [2.45, 2.75) is 64.3 Å². The van der Waals surface area contributed by atoms with Gasteiger partial charge in [-0.3, -0.25) is 0 Å². The van der Waals surface area contributed by atoms with Crippen LogP contribution in [0, 0.1) is 0 Å². The third-order valence-electron chi connectivity index (χ3n) is 4.14. The summed E-state index contributed by atoms with van der Waals surface area (Å²) in [6, 6.07) is 0.474. The van der Waals surface area contributed by atoms with Crippen LogP contribution in [0.15, 0.2) is 0 Å². The van der Waals surface area contributed by atoms with Crippen molar-refractivity contribution in [3.05, 3.63) is 0 Å². The van der Waals surface area contributed by atoms with Gasteiger partial charge in [-0.25, -0.2) is 4.79 Å². The van der Waals surface area contributed by atoms with E-state index in [9.17, 15) is 4.79 Å². The number of rotatable bonds is 11. The molecule has 0 bridgehead atoms. The van der Waals surface area contributed by atoms with Crippen LogP contribution in [-0.2, 0) is 9.47 Å². The highest BCUT2D eigenvalue weighted by molar-refractivity contribution is 5.74. The van der Waals surface area contributed by atoms with Gasteiger partial charge in [0.15, 0.2) is 0 Å². The molecule has 1 aliphatic carbocycles. The summed E-state index contributed by atoms with van der Waals surface area (Å²) in [6.45, 7) is 5.69. The van der Waals surface area contributed by atoms with Crippen molar-refractivity contribution in [3.63, 3.8) is 0 Å². The Morgan fingerprint density at radius 3 is 2.50 bits per heavy atom. The van der Waals surface area contributed by atoms with Crippen molar-refractivity contribution >= 4 is 6.03 Å². The molecule has 0 atom stereocenters. The number of nitrogens with one attached hydrogen (secondary N) is 1. The summed E-state index contributed by atoms with van der Waals surface area (Å²) >= 11 is 0. The second-order valence-electron chi connectivity index (χ2n) is 6.08. The molecule has 0 aromatic rings. The van der Waals surface area contributed by atoms with Crippen LogP contribution in [0.3, 0.4) is 0 Å². The molecule has 130 valence electrons. The largest absolute Gasteiger partial charge is 0.379 e. The van der Waals surface area contributed by atoms with Crippen molar-refractivity contribution in [2.24, 2.45) is 0 Å². The molecule has 5 heteroatoms. The quantitative estimate of drug-likeness (QED) is 0.596. The zero-order chi connectivity index (χ0) is 16.0. The van der Waals surface area contributed by atoms with Crippen LogP contribution in [0.5, 0.6) is 0 Å². The molecule has 1 fully saturated rings. The van der Waals surface area contributed by atoms with Gasteiger partial charge in [0.2, 0.25) is 0 Å². The van der Waals surface area contributed by atoms with Gasteiger partial charge in [0.1, 0.15) is 0 Å². The Kier molecular flexibility index (Phi) is 11.1. The topological polar surface area (TPSA) is 50.8 Å². The molecule has 1 N–H and O–H groups in total. The molecule has 0 saturated heterocycles. The number of ether oxygens (including phenoxy) is 2.